The van der Waals surface area contributed by atoms with E-state index in [1.165, 1.54) is 6.42 Å². The first-order valence-corrected chi connectivity index (χ1v) is 8.82. The molecule has 1 saturated heterocycles. The molecule has 0 bridgehead atoms. The number of rotatable bonds is 5. The molecule has 1 aromatic carbocycles. The Hall–Kier alpha value is -1.26. The van der Waals surface area contributed by atoms with Crippen molar-refractivity contribution in [2.45, 2.75) is 56.9 Å². The Morgan fingerprint density at radius 1 is 1.33 bits per heavy atom. The van der Waals surface area contributed by atoms with E-state index >= 15 is 0 Å². The highest BCUT2D eigenvalue weighted by Crippen LogP contribution is 2.42. The molecule has 4 nitrogen and oxygen atoms in total. The monoisotopic (exact) mass is 352 g/mol. The highest BCUT2D eigenvalue weighted by molar-refractivity contribution is 5.88. The maximum Gasteiger partial charge on any atom is 0.230 e. The molecule has 1 aliphatic heterocycles. The summed E-state index contributed by atoms with van der Waals surface area (Å²) in [5, 5.41) is 6.66. The van der Waals surface area contributed by atoms with E-state index in [2.05, 4.69) is 28.8 Å². The Labute approximate surface area is 151 Å². The number of hydrogen-bond donors (Lipinski definition) is 2. The van der Waals surface area contributed by atoms with Crippen LogP contribution in [-0.4, -0.2) is 32.1 Å². The lowest BCUT2D eigenvalue weighted by Crippen LogP contribution is -2.46. The third-order valence-corrected chi connectivity index (χ3v) is 5.52. The van der Waals surface area contributed by atoms with Crippen LogP contribution in [0, 0.1) is 6.92 Å². The summed E-state index contributed by atoms with van der Waals surface area (Å²) in [6.45, 7) is 3.85. The van der Waals surface area contributed by atoms with Crippen LogP contribution in [0.1, 0.15) is 49.7 Å². The van der Waals surface area contributed by atoms with Crippen molar-refractivity contribution in [3.63, 3.8) is 0 Å². The lowest BCUT2D eigenvalue weighted by atomic mass is 9.77. The molecule has 2 N–H and O–H groups in total. The number of benzene rings is 1. The summed E-state index contributed by atoms with van der Waals surface area (Å²) in [6.07, 6.45) is 6.47. The van der Waals surface area contributed by atoms with E-state index in [9.17, 15) is 4.79 Å². The van der Waals surface area contributed by atoms with Gasteiger partial charge in [0.05, 0.1) is 12.5 Å². The van der Waals surface area contributed by atoms with Crippen LogP contribution in [0.4, 0.5) is 0 Å². The summed E-state index contributed by atoms with van der Waals surface area (Å²) in [6, 6.07) is 6.68. The number of halogens is 1. The van der Waals surface area contributed by atoms with Crippen molar-refractivity contribution in [1.82, 2.24) is 10.6 Å². The second kappa shape index (κ2) is 8.21. The summed E-state index contributed by atoms with van der Waals surface area (Å²) in [7, 11) is 1.69. The van der Waals surface area contributed by atoms with Crippen molar-refractivity contribution in [1.29, 1.82) is 0 Å². The minimum absolute atomic E-state index is 0. The van der Waals surface area contributed by atoms with Gasteiger partial charge in [-0.2, -0.15) is 0 Å². The van der Waals surface area contributed by atoms with Crippen molar-refractivity contribution in [3.05, 3.63) is 29.3 Å². The van der Waals surface area contributed by atoms with Crippen molar-refractivity contribution < 1.29 is 9.53 Å². The van der Waals surface area contributed by atoms with Gasteiger partial charge >= 0.3 is 0 Å². The van der Waals surface area contributed by atoms with Crippen LogP contribution in [0.3, 0.4) is 0 Å². The zero-order valence-electron chi connectivity index (χ0n) is 14.7. The lowest BCUT2D eigenvalue weighted by molar-refractivity contribution is -0.126. The normalized spacial score (nSPS) is 22.0. The maximum absolute atomic E-state index is 13.0. The van der Waals surface area contributed by atoms with Gasteiger partial charge in [-0.1, -0.05) is 25.0 Å². The van der Waals surface area contributed by atoms with Gasteiger partial charge in [-0.05, 0) is 56.3 Å². The Kier molecular flexibility index (Phi) is 6.53. The third-order valence-electron chi connectivity index (χ3n) is 5.52. The van der Waals surface area contributed by atoms with Gasteiger partial charge in [-0.15, -0.1) is 12.4 Å². The van der Waals surface area contributed by atoms with Crippen LogP contribution >= 0.6 is 12.4 Å². The lowest BCUT2D eigenvalue weighted by Gasteiger charge is -2.29. The van der Waals surface area contributed by atoms with Crippen molar-refractivity contribution in [3.8, 4) is 5.75 Å². The van der Waals surface area contributed by atoms with Gasteiger partial charge in [0.15, 0.2) is 0 Å². The number of methoxy groups -OCH3 is 1. The smallest absolute Gasteiger partial charge is 0.230 e. The largest absolute Gasteiger partial charge is 0.496 e. The van der Waals surface area contributed by atoms with E-state index in [1.807, 2.05) is 6.92 Å². The molecule has 0 aromatic heterocycles. The standard InChI is InChI=1S/C19H28N2O2.ClH/c1-14-7-8-15(12-17(14)23-2)19(9-3-4-10-19)18(22)21-13-16-6-5-11-20-16;/h7-8,12,16,20H,3-6,9-11,13H2,1-2H3,(H,21,22);1H. The second-order valence-electron chi connectivity index (χ2n) is 6.98. The molecule has 1 atom stereocenters. The molecule has 3 rings (SSSR count). The van der Waals surface area contributed by atoms with Gasteiger partial charge in [0.2, 0.25) is 5.91 Å². The number of amides is 1. The van der Waals surface area contributed by atoms with Crippen LogP contribution in [0.2, 0.25) is 0 Å². The fraction of sp³-hybridized carbons (Fsp3) is 0.632. The van der Waals surface area contributed by atoms with E-state index in [0.29, 0.717) is 6.04 Å². The molecular weight excluding hydrogens is 324 g/mol. The Morgan fingerprint density at radius 2 is 2.08 bits per heavy atom. The van der Waals surface area contributed by atoms with Gasteiger partial charge in [0, 0.05) is 12.6 Å². The zero-order valence-corrected chi connectivity index (χ0v) is 15.5. The van der Waals surface area contributed by atoms with Gasteiger partial charge in [-0.3, -0.25) is 4.79 Å². The molecule has 0 radical (unpaired) electrons. The number of carbonyl (C=O) groups is 1. The summed E-state index contributed by atoms with van der Waals surface area (Å²) >= 11 is 0. The second-order valence-corrected chi connectivity index (χ2v) is 6.98. The van der Waals surface area contributed by atoms with E-state index < -0.39 is 0 Å². The first-order chi connectivity index (χ1) is 11.2. The van der Waals surface area contributed by atoms with Crippen LogP contribution < -0.4 is 15.4 Å². The summed E-state index contributed by atoms with van der Waals surface area (Å²) in [5.41, 5.74) is 1.84. The maximum atomic E-state index is 13.0. The van der Waals surface area contributed by atoms with E-state index in [1.54, 1.807) is 7.11 Å². The van der Waals surface area contributed by atoms with Crippen molar-refractivity contribution in [2.24, 2.45) is 0 Å². The van der Waals surface area contributed by atoms with Crippen LogP contribution in [0.5, 0.6) is 5.75 Å². The van der Waals surface area contributed by atoms with Crippen LogP contribution in [-0.2, 0) is 10.2 Å². The molecule has 1 amide bonds. The fourth-order valence-corrected chi connectivity index (χ4v) is 4.06. The van der Waals surface area contributed by atoms with Gasteiger partial charge in [0.25, 0.3) is 0 Å². The molecule has 24 heavy (non-hydrogen) atoms. The third kappa shape index (κ3) is 3.70. The molecule has 134 valence electrons. The predicted molar refractivity (Wildman–Crippen MR) is 99.2 cm³/mol. The number of ether oxygens (including phenoxy) is 1. The van der Waals surface area contributed by atoms with Crippen molar-refractivity contribution >= 4 is 18.3 Å². The molecule has 1 unspecified atom stereocenters. The number of hydrogen-bond acceptors (Lipinski definition) is 3. The minimum atomic E-state index is -0.375. The van der Waals surface area contributed by atoms with Crippen LogP contribution in [0.15, 0.2) is 18.2 Å². The van der Waals surface area contributed by atoms with Crippen molar-refractivity contribution in [2.75, 3.05) is 20.2 Å². The molecule has 1 heterocycles. The van der Waals surface area contributed by atoms with E-state index in [0.717, 1.165) is 62.1 Å². The summed E-state index contributed by atoms with van der Waals surface area (Å²) < 4.78 is 5.47. The van der Waals surface area contributed by atoms with Crippen LogP contribution in [0.25, 0.3) is 0 Å². The molecule has 1 aromatic rings. The average Bonchev–Trinajstić information content (AvgIpc) is 3.25. The average molecular weight is 353 g/mol. The molecular formula is C19H29ClN2O2. The molecule has 2 aliphatic rings. The quantitative estimate of drug-likeness (QED) is 0.856. The number of carbonyl (C=O) groups excluding carboxylic acids is 1. The van der Waals surface area contributed by atoms with E-state index in [-0.39, 0.29) is 23.7 Å². The number of nitrogens with one attached hydrogen (secondary N) is 2. The topological polar surface area (TPSA) is 50.4 Å². The minimum Gasteiger partial charge on any atom is -0.496 e. The van der Waals surface area contributed by atoms with Gasteiger partial charge in [-0.25, -0.2) is 0 Å². The fourth-order valence-electron chi connectivity index (χ4n) is 4.06. The van der Waals surface area contributed by atoms with Gasteiger partial charge in [0.1, 0.15) is 5.75 Å². The Bertz CT molecular complexity index is 564. The van der Waals surface area contributed by atoms with Gasteiger partial charge < -0.3 is 15.4 Å². The molecule has 2 fully saturated rings. The highest BCUT2D eigenvalue weighted by Gasteiger charge is 2.43. The predicted octanol–water partition coefficient (Wildman–Crippen LogP) is 3.11. The van der Waals surface area contributed by atoms with E-state index in [4.69, 9.17) is 4.74 Å². The molecule has 1 aliphatic carbocycles. The Morgan fingerprint density at radius 3 is 2.71 bits per heavy atom. The first kappa shape index (κ1) is 19.1. The highest BCUT2D eigenvalue weighted by atomic mass is 35.5. The SMILES string of the molecule is COc1cc(C2(C(=O)NCC3CCCN3)CCCC2)ccc1C.Cl. The molecule has 5 heteroatoms. The summed E-state index contributed by atoms with van der Waals surface area (Å²) in [4.78, 5) is 13.0. The molecule has 1 saturated carbocycles. The Balaban J connectivity index is 0.00000208. The molecule has 0 spiro atoms. The number of aryl methyl sites for hydroxylation is 1. The summed E-state index contributed by atoms with van der Waals surface area (Å²) in [5.74, 6) is 1.06. The first-order valence-electron chi connectivity index (χ1n) is 8.82. The zero-order chi connectivity index (χ0) is 16.3.